The number of nitrogens with one attached hydrogen (secondary N) is 1. The van der Waals surface area contributed by atoms with Crippen molar-refractivity contribution in [2.24, 2.45) is 5.10 Å². The van der Waals surface area contributed by atoms with Crippen molar-refractivity contribution in [2.45, 2.75) is 6.92 Å². The molecule has 0 aromatic heterocycles. The lowest BCUT2D eigenvalue weighted by molar-refractivity contribution is 0.0954. The summed E-state index contributed by atoms with van der Waals surface area (Å²) in [5.41, 5.74) is 4.47. The van der Waals surface area contributed by atoms with Gasteiger partial charge in [0.25, 0.3) is 5.91 Å². The predicted molar refractivity (Wildman–Crippen MR) is 99.9 cm³/mol. The first-order chi connectivity index (χ1) is 12.0. The van der Waals surface area contributed by atoms with Crippen molar-refractivity contribution in [2.75, 3.05) is 21.3 Å². The molecule has 0 aliphatic carbocycles. The van der Waals surface area contributed by atoms with Gasteiger partial charge >= 0.3 is 0 Å². The van der Waals surface area contributed by atoms with E-state index in [9.17, 15) is 4.79 Å². The number of amides is 1. The molecule has 1 amide bonds. The van der Waals surface area contributed by atoms with Gasteiger partial charge in [-0.2, -0.15) is 5.10 Å². The fourth-order valence-electron chi connectivity index (χ4n) is 2.19. The topological polar surface area (TPSA) is 69.2 Å². The van der Waals surface area contributed by atoms with Crippen molar-refractivity contribution < 1.29 is 19.0 Å². The number of carbonyl (C=O) groups excluding carboxylic acids is 1. The van der Waals surface area contributed by atoms with Gasteiger partial charge in [0.2, 0.25) is 5.75 Å². The Morgan fingerprint density at radius 2 is 1.64 bits per heavy atom. The van der Waals surface area contributed by atoms with Crippen LogP contribution in [0.25, 0.3) is 0 Å². The standard InChI is InChI=1S/C18H19BrN2O4/c1-11(12-6-5-7-14(19)8-12)20-21-18(22)13-9-15(23-2)17(25-4)16(10-13)24-3/h5-10H,1-4H3,(H,21,22). The summed E-state index contributed by atoms with van der Waals surface area (Å²) in [6.07, 6.45) is 0. The lowest BCUT2D eigenvalue weighted by Crippen LogP contribution is -2.19. The zero-order valence-electron chi connectivity index (χ0n) is 14.4. The van der Waals surface area contributed by atoms with Crippen molar-refractivity contribution >= 4 is 27.5 Å². The van der Waals surface area contributed by atoms with Crippen molar-refractivity contribution in [1.29, 1.82) is 0 Å². The van der Waals surface area contributed by atoms with Crippen molar-refractivity contribution in [3.63, 3.8) is 0 Å². The Morgan fingerprint density at radius 3 is 2.16 bits per heavy atom. The van der Waals surface area contributed by atoms with Gasteiger partial charge in [-0.15, -0.1) is 0 Å². The Bertz CT molecular complexity index is 780. The molecule has 0 fully saturated rings. The molecule has 0 radical (unpaired) electrons. The van der Waals surface area contributed by atoms with Crippen molar-refractivity contribution in [3.8, 4) is 17.2 Å². The maximum atomic E-state index is 12.4. The van der Waals surface area contributed by atoms with Gasteiger partial charge in [-0.3, -0.25) is 4.79 Å². The molecule has 0 spiro atoms. The minimum Gasteiger partial charge on any atom is -0.493 e. The second-order valence-electron chi connectivity index (χ2n) is 5.06. The van der Waals surface area contributed by atoms with Crippen LogP contribution < -0.4 is 19.6 Å². The number of hydrogen-bond donors (Lipinski definition) is 1. The molecule has 7 heteroatoms. The summed E-state index contributed by atoms with van der Waals surface area (Å²) >= 11 is 3.41. The maximum absolute atomic E-state index is 12.4. The minimum absolute atomic E-state index is 0.347. The Balaban J connectivity index is 2.24. The van der Waals surface area contributed by atoms with Crippen LogP contribution in [0.1, 0.15) is 22.8 Å². The van der Waals surface area contributed by atoms with Crippen LogP contribution in [0.2, 0.25) is 0 Å². The van der Waals surface area contributed by atoms with Crippen LogP contribution >= 0.6 is 15.9 Å². The molecule has 132 valence electrons. The Kier molecular flexibility index (Phi) is 6.41. The molecule has 2 rings (SSSR count). The van der Waals surface area contributed by atoms with Crippen LogP contribution in [0.5, 0.6) is 17.2 Å². The molecule has 6 nitrogen and oxygen atoms in total. The SMILES string of the molecule is COc1cc(C(=O)NN=C(C)c2cccc(Br)c2)cc(OC)c1OC. The highest BCUT2D eigenvalue weighted by Crippen LogP contribution is 2.38. The second kappa shape index (κ2) is 8.53. The molecule has 0 heterocycles. The Hall–Kier alpha value is -2.54. The summed E-state index contributed by atoms with van der Waals surface area (Å²) < 4.78 is 16.7. The summed E-state index contributed by atoms with van der Waals surface area (Å²) in [5, 5.41) is 4.15. The van der Waals surface area contributed by atoms with Gasteiger partial charge in [0.05, 0.1) is 27.0 Å². The first-order valence-electron chi connectivity index (χ1n) is 7.40. The summed E-state index contributed by atoms with van der Waals surface area (Å²) in [4.78, 5) is 12.4. The van der Waals surface area contributed by atoms with Gasteiger partial charge < -0.3 is 14.2 Å². The molecule has 2 aromatic rings. The molecule has 0 unspecified atom stereocenters. The fraction of sp³-hybridized carbons (Fsp3) is 0.222. The number of halogens is 1. The molecule has 0 saturated heterocycles. The smallest absolute Gasteiger partial charge is 0.271 e. The van der Waals surface area contributed by atoms with E-state index in [1.54, 1.807) is 12.1 Å². The highest BCUT2D eigenvalue weighted by molar-refractivity contribution is 9.10. The molecule has 0 aliphatic rings. The zero-order valence-corrected chi connectivity index (χ0v) is 16.0. The van der Waals surface area contributed by atoms with Crippen LogP contribution in [-0.2, 0) is 0 Å². The number of rotatable bonds is 6. The highest BCUT2D eigenvalue weighted by Gasteiger charge is 2.16. The quantitative estimate of drug-likeness (QED) is 0.587. The molecule has 2 aromatic carbocycles. The van der Waals surface area contributed by atoms with E-state index in [0.29, 0.717) is 28.5 Å². The number of carbonyl (C=O) groups is 1. The molecule has 0 atom stereocenters. The number of hydrogen-bond acceptors (Lipinski definition) is 5. The average Bonchev–Trinajstić information content (AvgIpc) is 2.64. The maximum Gasteiger partial charge on any atom is 0.271 e. The molecular formula is C18H19BrN2O4. The van der Waals surface area contributed by atoms with E-state index in [1.807, 2.05) is 31.2 Å². The summed E-state index contributed by atoms with van der Waals surface area (Å²) in [5.74, 6) is 0.850. The molecule has 0 aliphatic heterocycles. The minimum atomic E-state index is -0.381. The van der Waals surface area contributed by atoms with Gasteiger partial charge in [-0.1, -0.05) is 28.1 Å². The normalized spacial score (nSPS) is 11.0. The van der Waals surface area contributed by atoms with E-state index in [0.717, 1.165) is 10.0 Å². The lowest BCUT2D eigenvalue weighted by atomic mass is 10.1. The van der Waals surface area contributed by atoms with E-state index < -0.39 is 0 Å². The largest absolute Gasteiger partial charge is 0.493 e. The Morgan fingerprint density at radius 1 is 1.00 bits per heavy atom. The summed E-state index contributed by atoms with van der Waals surface area (Å²) in [6, 6.07) is 10.8. The van der Waals surface area contributed by atoms with E-state index in [1.165, 1.54) is 21.3 Å². The second-order valence-corrected chi connectivity index (χ2v) is 5.98. The predicted octanol–water partition coefficient (Wildman–Crippen LogP) is 3.63. The van der Waals surface area contributed by atoms with E-state index in [4.69, 9.17) is 14.2 Å². The zero-order chi connectivity index (χ0) is 18.4. The number of methoxy groups -OCH3 is 3. The third kappa shape index (κ3) is 4.51. The number of nitrogens with zero attached hydrogens (tertiary/aromatic N) is 1. The van der Waals surface area contributed by atoms with Gasteiger partial charge in [-0.25, -0.2) is 5.43 Å². The molecular weight excluding hydrogens is 388 g/mol. The van der Waals surface area contributed by atoms with E-state index in [2.05, 4.69) is 26.5 Å². The molecule has 0 saturated carbocycles. The third-order valence-corrected chi connectivity index (χ3v) is 3.99. The third-order valence-electron chi connectivity index (χ3n) is 3.49. The number of hydrazone groups is 1. The average molecular weight is 407 g/mol. The first kappa shape index (κ1) is 18.8. The monoisotopic (exact) mass is 406 g/mol. The summed E-state index contributed by atoms with van der Waals surface area (Å²) in [6.45, 7) is 1.82. The Labute approximate surface area is 154 Å². The van der Waals surface area contributed by atoms with Crippen molar-refractivity contribution in [1.82, 2.24) is 5.43 Å². The van der Waals surface area contributed by atoms with Gasteiger partial charge in [0.1, 0.15) is 0 Å². The van der Waals surface area contributed by atoms with E-state index in [-0.39, 0.29) is 5.91 Å². The van der Waals surface area contributed by atoms with Gasteiger partial charge in [0, 0.05) is 10.0 Å². The molecule has 0 bridgehead atoms. The summed E-state index contributed by atoms with van der Waals surface area (Å²) in [7, 11) is 4.49. The lowest BCUT2D eigenvalue weighted by Gasteiger charge is -2.13. The van der Waals surface area contributed by atoms with Crippen LogP contribution in [0, 0.1) is 0 Å². The van der Waals surface area contributed by atoms with Crippen LogP contribution in [0.3, 0.4) is 0 Å². The van der Waals surface area contributed by atoms with Crippen LogP contribution in [0.15, 0.2) is 46.0 Å². The van der Waals surface area contributed by atoms with Crippen LogP contribution in [-0.4, -0.2) is 32.9 Å². The van der Waals surface area contributed by atoms with Crippen LogP contribution in [0.4, 0.5) is 0 Å². The number of benzene rings is 2. The van der Waals surface area contributed by atoms with E-state index >= 15 is 0 Å². The fourth-order valence-corrected chi connectivity index (χ4v) is 2.59. The molecule has 25 heavy (non-hydrogen) atoms. The first-order valence-corrected chi connectivity index (χ1v) is 8.20. The highest BCUT2D eigenvalue weighted by atomic mass is 79.9. The number of ether oxygens (including phenoxy) is 3. The van der Waals surface area contributed by atoms with Gasteiger partial charge in [0.15, 0.2) is 11.5 Å². The van der Waals surface area contributed by atoms with Gasteiger partial charge in [-0.05, 0) is 36.8 Å². The molecule has 1 N–H and O–H groups in total. The van der Waals surface area contributed by atoms with Crippen molar-refractivity contribution in [3.05, 3.63) is 52.0 Å².